The second-order valence-electron chi connectivity index (χ2n) is 3.70. The van der Waals surface area contributed by atoms with Gasteiger partial charge in [-0.1, -0.05) is 0 Å². The Hall–Kier alpha value is -0.160. The van der Waals surface area contributed by atoms with Crippen LogP contribution in [0.4, 0.5) is 0 Å². The molecule has 0 aromatic carbocycles. The maximum Gasteiger partial charge on any atom is 0.122 e. The van der Waals surface area contributed by atoms with E-state index in [0.29, 0.717) is 12.8 Å². The third-order valence-corrected chi connectivity index (χ3v) is 2.31. The fourth-order valence-electron chi connectivity index (χ4n) is 1.54. The first kappa shape index (κ1) is 10.9. The average molecular weight is 188 g/mol. The highest BCUT2D eigenvalue weighted by Crippen LogP contribution is 2.14. The molecule has 13 heavy (non-hydrogen) atoms. The molecule has 1 atom stereocenters. The van der Waals surface area contributed by atoms with Crippen molar-refractivity contribution in [2.45, 2.75) is 18.9 Å². The molecule has 1 heterocycles. The van der Waals surface area contributed by atoms with Crippen LogP contribution in [0.3, 0.4) is 0 Å². The van der Waals surface area contributed by atoms with Gasteiger partial charge in [0, 0.05) is 0 Å². The first-order chi connectivity index (χ1) is 6.24. The summed E-state index contributed by atoms with van der Waals surface area (Å²) in [5, 5.41) is 1.91. The Balaban J connectivity index is 2.13. The topological polar surface area (TPSA) is 24.9 Å². The average Bonchev–Trinajstić information content (AvgIpc) is 2.51. The van der Waals surface area contributed by atoms with Crippen molar-refractivity contribution in [2.75, 3.05) is 41.1 Å². The van der Waals surface area contributed by atoms with Gasteiger partial charge >= 0.3 is 0 Å². The van der Waals surface area contributed by atoms with E-state index in [4.69, 9.17) is 9.57 Å². The highest BCUT2D eigenvalue weighted by Gasteiger charge is 2.24. The predicted molar refractivity (Wildman–Crippen MR) is 51.2 cm³/mol. The molecular formula is C9H20N2O2. The summed E-state index contributed by atoms with van der Waals surface area (Å²) in [7, 11) is 5.89. The third-order valence-electron chi connectivity index (χ3n) is 2.31. The van der Waals surface area contributed by atoms with Crippen LogP contribution in [0.25, 0.3) is 0 Å². The molecule has 0 amide bonds. The van der Waals surface area contributed by atoms with Gasteiger partial charge in [-0.05, 0) is 33.5 Å². The minimum atomic E-state index is 0.449. The molecule has 1 rings (SSSR count). The van der Waals surface area contributed by atoms with Gasteiger partial charge in [0.15, 0.2) is 0 Å². The van der Waals surface area contributed by atoms with Crippen LogP contribution in [0.2, 0.25) is 0 Å². The minimum absolute atomic E-state index is 0.449. The highest BCUT2D eigenvalue weighted by atomic mass is 16.7. The van der Waals surface area contributed by atoms with Crippen molar-refractivity contribution in [1.82, 2.24) is 9.96 Å². The molecule has 4 nitrogen and oxygen atoms in total. The van der Waals surface area contributed by atoms with Crippen LogP contribution in [0.5, 0.6) is 0 Å². The smallest absolute Gasteiger partial charge is 0.122 e. The number of hydroxylamine groups is 2. The number of hydrogen-bond donors (Lipinski definition) is 0. The van der Waals surface area contributed by atoms with E-state index in [1.54, 1.807) is 7.11 Å². The summed E-state index contributed by atoms with van der Waals surface area (Å²) < 4.78 is 5.31. The molecule has 0 spiro atoms. The van der Waals surface area contributed by atoms with Crippen molar-refractivity contribution in [1.29, 1.82) is 0 Å². The summed E-state index contributed by atoms with van der Waals surface area (Å²) >= 11 is 0. The zero-order valence-electron chi connectivity index (χ0n) is 8.82. The standard InChI is InChI=1S/C9H20N2O2/c1-10(2)6-4-5-9-7-13-8-11(9)12-3/h9H,4-8H2,1-3H3/t9-/m1/s1. The summed E-state index contributed by atoms with van der Waals surface area (Å²) in [5.74, 6) is 0. The van der Waals surface area contributed by atoms with E-state index < -0.39 is 0 Å². The zero-order valence-corrected chi connectivity index (χ0v) is 8.82. The Kier molecular flexibility index (Phi) is 4.66. The molecule has 0 aromatic heterocycles. The quantitative estimate of drug-likeness (QED) is 0.629. The van der Waals surface area contributed by atoms with E-state index in [2.05, 4.69) is 19.0 Å². The molecule has 0 N–H and O–H groups in total. The van der Waals surface area contributed by atoms with Crippen LogP contribution >= 0.6 is 0 Å². The Morgan fingerprint density at radius 2 is 2.31 bits per heavy atom. The van der Waals surface area contributed by atoms with E-state index in [9.17, 15) is 0 Å². The molecule has 1 aliphatic heterocycles. The molecule has 0 radical (unpaired) electrons. The SMILES string of the molecule is CON1COC[C@H]1CCCN(C)C. The van der Waals surface area contributed by atoms with Gasteiger partial charge < -0.3 is 9.64 Å². The number of ether oxygens (including phenoxy) is 1. The lowest BCUT2D eigenvalue weighted by molar-refractivity contribution is -0.157. The molecule has 1 saturated heterocycles. The number of rotatable bonds is 5. The van der Waals surface area contributed by atoms with Gasteiger partial charge in [-0.2, -0.15) is 5.06 Å². The van der Waals surface area contributed by atoms with E-state index in [-0.39, 0.29) is 0 Å². The molecule has 78 valence electrons. The minimum Gasteiger partial charge on any atom is -0.362 e. The Bertz CT molecular complexity index is 142. The van der Waals surface area contributed by atoms with Crippen LogP contribution in [-0.2, 0) is 9.57 Å². The predicted octanol–water partition coefficient (Wildman–Crippen LogP) is 0.548. The molecule has 0 unspecified atom stereocenters. The van der Waals surface area contributed by atoms with Crippen molar-refractivity contribution >= 4 is 0 Å². The van der Waals surface area contributed by atoms with Gasteiger partial charge in [-0.15, -0.1) is 0 Å². The Morgan fingerprint density at radius 1 is 1.54 bits per heavy atom. The lowest BCUT2D eigenvalue weighted by Crippen LogP contribution is -2.30. The highest BCUT2D eigenvalue weighted by molar-refractivity contribution is 4.68. The molecular weight excluding hydrogens is 168 g/mol. The van der Waals surface area contributed by atoms with Crippen LogP contribution < -0.4 is 0 Å². The van der Waals surface area contributed by atoms with Gasteiger partial charge in [0.2, 0.25) is 0 Å². The van der Waals surface area contributed by atoms with Crippen LogP contribution in [0, 0.1) is 0 Å². The lowest BCUT2D eigenvalue weighted by atomic mass is 10.2. The van der Waals surface area contributed by atoms with E-state index >= 15 is 0 Å². The molecule has 0 saturated carbocycles. The molecule has 0 bridgehead atoms. The summed E-state index contributed by atoms with van der Waals surface area (Å²) in [5.41, 5.74) is 0. The second kappa shape index (κ2) is 5.54. The zero-order chi connectivity index (χ0) is 9.68. The van der Waals surface area contributed by atoms with E-state index in [0.717, 1.165) is 19.6 Å². The summed E-state index contributed by atoms with van der Waals surface area (Å²) in [6.07, 6.45) is 2.34. The monoisotopic (exact) mass is 188 g/mol. The first-order valence-electron chi connectivity index (χ1n) is 4.77. The van der Waals surface area contributed by atoms with Gasteiger partial charge in [0.05, 0.1) is 19.8 Å². The maximum absolute atomic E-state index is 5.31. The number of nitrogens with zero attached hydrogens (tertiary/aromatic N) is 2. The van der Waals surface area contributed by atoms with Crippen molar-refractivity contribution < 1.29 is 9.57 Å². The largest absolute Gasteiger partial charge is 0.362 e. The van der Waals surface area contributed by atoms with E-state index in [1.807, 2.05) is 5.06 Å². The summed E-state index contributed by atoms with van der Waals surface area (Å²) in [6, 6.07) is 0.449. The van der Waals surface area contributed by atoms with Crippen LogP contribution in [0.1, 0.15) is 12.8 Å². The summed E-state index contributed by atoms with van der Waals surface area (Å²) in [4.78, 5) is 7.38. The molecule has 0 aromatic rings. The molecule has 1 aliphatic rings. The molecule has 0 aliphatic carbocycles. The fourth-order valence-corrected chi connectivity index (χ4v) is 1.54. The first-order valence-corrected chi connectivity index (χ1v) is 4.77. The number of hydrogen-bond acceptors (Lipinski definition) is 4. The third kappa shape index (κ3) is 3.60. The molecule has 1 fully saturated rings. The fraction of sp³-hybridized carbons (Fsp3) is 1.00. The van der Waals surface area contributed by atoms with Crippen LogP contribution in [0.15, 0.2) is 0 Å². The van der Waals surface area contributed by atoms with Crippen LogP contribution in [-0.4, -0.2) is 57.1 Å². The van der Waals surface area contributed by atoms with Crippen molar-refractivity contribution in [2.24, 2.45) is 0 Å². The van der Waals surface area contributed by atoms with Gasteiger partial charge in [-0.25, -0.2) is 0 Å². The van der Waals surface area contributed by atoms with Crippen molar-refractivity contribution in [3.8, 4) is 0 Å². The second-order valence-corrected chi connectivity index (χ2v) is 3.70. The summed E-state index contributed by atoms with van der Waals surface area (Å²) in [6.45, 7) is 2.55. The van der Waals surface area contributed by atoms with Gasteiger partial charge in [0.1, 0.15) is 6.73 Å². The molecule has 4 heteroatoms. The maximum atomic E-state index is 5.31. The Morgan fingerprint density at radius 3 is 2.92 bits per heavy atom. The van der Waals surface area contributed by atoms with Crippen molar-refractivity contribution in [3.63, 3.8) is 0 Å². The van der Waals surface area contributed by atoms with Crippen molar-refractivity contribution in [3.05, 3.63) is 0 Å². The van der Waals surface area contributed by atoms with Gasteiger partial charge in [0.25, 0.3) is 0 Å². The van der Waals surface area contributed by atoms with Gasteiger partial charge in [-0.3, -0.25) is 4.84 Å². The Labute approximate surface area is 80.4 Å². The normalized spacial score (nSPS) is 24.5. The van der Waals surface area contributed by atoms with E-state index in [1.165, 1.54) is 6.42 Å². The lowest BCUT2D eigenvalue weighted by Gasteiger charge is -2.19.